The number of hydrogen-bond donors (Lipinski definition) is 3. The van der Waals surface area contributed by atoms with E-state index in [1.807, 2.05) is 13.8 Å². The standard InChI is InChI=1S/C14H28N2O3/c1-4-12(9-15)8-13(17)16-11(3)7-5-6-10(2)14(18)19/h10-12H,4-9,15H2,1-3H3,(H,16,17)(H,18,19). The van der Waals surface area contributed by atoms with E-state index >= 15 is 0 Å². The molecule has 5 nitrogen and oxygen atoms in total. The quantitative estimate of drug-likeness (QED) is 0.565. The summed E-state index contributed by atoms with van der Waals surface area (Å²) in [5.74, 6) is -0.787. The maximum atomic E-state index is 11.7. The van der Waals surface area contributed by atoms with Crippen LogP contribution in [-0.4, -0.2) is 29.6 Å². The van der Waals surface area contributed by atoms with Crippen LogP contribution in [0.25, 0.3) is 0 Å². The molecule has 0 aliphatic heterocycles. The lowest BCUT2D eigenvalue weighted by atomic mass is 10.0. The number of nitrogens with one attached hydrogen (secondary N) is 1. The van der Waals surface area contributed by atoms with Gasteiger partial charge >= 0.3 is 5.97 Å². The minimum Gasteiger partial charge on any atom is -0.481 e. The molecule has 112 valence electrons. The molecule has 0 aromatic carbocycles. The summed E-state index contributed by atoms with van der Waals surface area (Å²) in [6.45, 7) is 6.22. The lowest BCUT2D eigenvalue weighted by molar-refractivity contribution is -0.141. The van der Waals surface area contributed by atoms with Crippen LogP contribution in [0.2, 0.25) is 0 Å². The number of rotatable bonds is 10. The van der Waals surface area contributed by atoms with Gasteiger partial charge in [-0.25, -0.2) is 0 Å². The molecule has 0 radical (unpaired) electrons. The lowest BCUT2D eigenvalue weighted by Gasteiger charge is -2.17. The minimum atomic E-state index is -0.759. The van der Waals surface area contributed by atoms with E-state index in [4.69, 9.17) is 10.8 Å². The molecule has 0 aliphatic rings. The molecule has 0 heterocycles. The van der Waals surface area contributed by atoms with E-state index in [0.29, 0.717) is 19.4 Å². The highest BCUT2D eigenvalue weighted by Gasteiger charge is 2.14. The maximum Gasteiger partial charge on any atom is 0.306 e. The fraction of sp³-hybridized carbons (Fsp3) is 0.857. The predicted octanol–water partition coefficient (Wildman–Crippen LogP) is 1.76. The number of hydrogen-bond acceptors (Lipinski definition) is 3. The van der Waals surface area contributed by atoms with Gasteiger partial charge in [-0.3, -0.25) is 9.59 Å². The summed E-state index contributed by atoms with van der Waals surface area (Å²) in [4.78, 5) is 22.4. The SMILES string of the molecule is CCC(CN)CC(=O)NC(C)CCCC(C)C(=O)O. The third-order valence-electron chi connectivity index (χ3n) is 3.49. The number of aliphatic carboxylic acids is 1. The van der Waals surface area contributed by atoms with Gasteiger partial charge in [-0.1, -0.05) is 26.7 Å². The van der Waals surface area contributed by atoms with Gasteiger partial charge in [0.05, 0.1) is 5.92 Å². The number of nitrogens with two attached hydrogens (primary N) is 1. The molecule has 0 rings (SSSR count). The molecule has 0 saturated heterocycles. The molecular formula is C14H28N2O3. The van der Waals surface area contributed by atoms with Crippen molar-refractivity contribution in [1.82, 2.24) is 5.32 Å². The van der Waals surface area contributed by atoms with Crippen LogP contribution in [0.3, 0.4) is 0 Å². The zero-order valence-electron chi connectivity index (χ0n) is 12.3. The predicted molar refractivity (Wildman–Crippen MR) is 75.7 cm³/mol. The largest absolute Gasteiger partial charge is 0.481 e. The zero-order chi connectivity index (χ0) is 14.8. The molecule has 0 aliphatic carbocycles. The Bertz CT molecular complexity index is 278. The van der Waals surface area contributed by atoms with Gasteiger partial charge in [0, 0.05) is 12.5 Å². The van der Waals surface area contributed by atoms with Crippen LogP contribution >= 0.6 is 0 Å². The monoisotopic (exact) mass is 272 g/mol. The van der Waals surface area contributed by atoms with Crippen LogP contribution in [0.1, 0.15) is 52.9 Å². The van der Waals surface area contributed by atoms with Crippen LogP contribution in [0.4, 0.5) is 0 Å². The highest BCUT2D eigenvalue weighted by molar-refractivity contribution is 5.76. The Labute approximate surface area is 115 Å². The molecule has 3 atom stereocenters. The van der Waals surface area contributed by atoms with Crippen molar-refractivity contribution in [2.45, 2.75) is 58.9 Å². The van der Waals surface area contributed by atoms with Crippen LogP contribution in [0, 0.1) is 11.8 Å². The second-order valence-electron chi connectivity index (χ2n) is 5.35. The third-order valence-corrected chi connectivity index (χ3v) is 3.49. The Kier molecular flexibility index (Phi) is 9.21. The van der Waals surface area contributed by atoms with Crippen molar-refractivity contribution in [1.29, 1.82) is 0 Å². The average Bonchev–Trinajstić information content (AvgIpc) is 2.35. The van der Waals surface area contributed by atoms with Gasteiger partial charge in [0.25, 0.3) is 0 Å². The number of carbonyl (C=O) groups is 2. The smallest absolute Gasteiger partial charge is 0.306 e. The number of amides is 1. The summed E-state index contributed by atoms with van der Waals surface area (Å²) >= 11 is 0. The Morgan fingerprint density at radius 3 is 2.37 bits per heavy atom. The number of carboxylic acid groups (broad SMARTS) is 1. The highest BCUT2D eigenvalue weighted by Crippen LogP contribution is 2.10. The Morgan fingerprint density at radius 1 is 1.26 bits per heavy atom. The van der Waals surface area contributed by atoms with Crippen LogP contribution in [0.5, 0.6) is 0 Å². The number of carbonyl (C=O) groups excluding carboxylic acids is 1. The van der Waals surface area contributed by atoms with Crippen molar-refractivity contribution >= 4 is 11.9 Å². The lowest BCUT2D eigenvalue weighted by Crippen LogP contribution is -2.34. The molecule has 0 spiro atoms. The fourth-order valence-corrected chi connectivity index (χ4v) is 1.92. The first-order valence-electron chi connectivity index (χ1n) is 7.12. The second-order valence-corrected chi connectivity index (χ2v) is 5.35. The summed E-state index contributed by atoms with van der Waals surface area (Å²) in [5.41, 5.74) is 5.57. The Morgan fingerprint density at radius 2 is 1.89 bits per heavy atom. The normalized spacial score (nSPS) is 15.6. The molecule has 0 aromatic heterocycles. The molecular weight excluding hydrogens is 244 g/mol. The molecule has 0 saturated carbocycles. The summed E-state index contributed by atoms with van der Waals surface area (Å²) in [6, 6.07) is 0.0868. The van der Waals surface area contributed by atoms with E-state index in [9.17, 15) is 9.59 Å². The second kappa shape index (κ2) is 9.78. The summed E-state index contributed by atoms with van der Waals surface area (Å²) in [6.07, 6.45) is 3.65. The van der Waals surface area contributed by atoms with Crippen molar-refractivity contribution in [2.24, 2.45) is 17.6 Å². The summed E-state index contributed by atoms with van der Waals surface area (Å²) in [7, 11) is 0. The molecule has 19 heavy (non-hydrogen) atoms. The molecule has 1 amide bonds. The van der Waals surface area contributed by atoms with Gasteiger partial charge in [-0.2, -0.15) is 0 Å². The van der Waals surface area contributed by atoms with E-state index in [-0.39, 0.29) is 23.8 Å². The summed E-state index contributed by atoms with van der Waals surface area (Å²) in [5, 5.41) is 11.7. The molecule has 4 N–H and O–H groups in total. The van der Waals surface area contributed by atoms with Crippen molar-refractivity contribution < 1.29 is 14.7 Å². The average molecular weight is 272 g/mol. The van der Waals surface area contributed by atoms with Gasteiger partial charge in [0.2, 0.25) is 5.91 Å². The molecule has 0 fully saturated rings. The minimum absolute atomic E-state index is 0.0380. The van der Waals surface area contributed by atoms with E-state index in [2.05, 4.69) is 5.32 Å². The molecule has 0 bridgehead atoms. The van der Waals surface area contributed by atoms with Crippen LogP contribution < -0.4 is 11.1 Å². The van der Waals surface area contributed by atoms with Gasteiger partial charge in [-0.15, -0.1) is 0 Å². The first-order chi connectivity index (χ1) is 8.90. The van der Waals surface area contributed by atoms with Crippen molar-refractivity contribution in [3.63, 3.8) is 0 Å². The third kappa shape index (κ3) is 8.59. The van der Waals surface area contributed by atoms with E-state index < -0.39 is 5.97 Å². The van der Waals surface area contributed by atoms with Gasteiger partial charge in [-0.05, 0) is 32.2 Å². The Balaban J connectivity index is 3.82. The van der Waals surface area contributed by atoms with Crippen molar-refractivity contribution in [2.75, 3.05) is 6.54 Å². The van der Waals surface area contributed by atoms with Crippen molar-refractivity contribution in [3.05, 3.63) is 0 Å². The number of carboxylic acids is 1. The first kappa shape index (κ1) is 17.9. The molecule has 0 aromatic rings. The topological polar surface area (TPSA) is 92.4 Å². The van der Waals surface area contributed by atoms with Gasteiger partial charge in [0.15, 0.2) is 0 Å². The maximum absolute atomic E-state index is 11.7. The van der Waals surface area contributed by atoms with E-state index in [1.54, 1.807) is 6.92 Å². The summed E-state index contributed by atoms with van der Waals surface area (Å²) < 4.78 is 0. The highest BCUT2D eigenvalue weighted by atomic mass is 16.4. The van der Waals surface area contributed by atoms with Crippen LogP contribution in [-0.2, 0) is 9.59 Å². The molecule has 5 heteroatoms. The van der Waals surface area contributed by atoms with Crippen molar-refractivity contribution in [3.8, 4) is 0 Å². The first-order valence-corrected chi connectivity index (χ1v) is 7.12. The zero-order valence-corrected chi connectivity index (χ0v) is 12.3. The van der Waals surface area contributed by atoms with Gasteiger partial charge in [0.1, 0.15) is 0 Å². The van der Waals surface area contributed by atoms with E-state index in [0.717, 1.165) is 19.3 Å². The van der Waals surface area contributed by atoms with Crippen LogP contribution in [0.15, 0.2) is 0 Å². The van der Waals surface area contributed by atoms with E-state index in [1.165, 1.54) is 0 Å². The Hall–Kier alpha value is -1.10. The fourth-order valence-electron chi connectivity index (χ4n) is 1.92. The van der Waals surface area contributed by atoms with Gasteiger partial charge < -0.3 is 16.2 Å². The molecule has 3 unspecified atom stereocenters.